The summed E-state index contributed by atoms with van der Waals surface area (Å²) in [6, 6.07) is 0. The van der Waals surface area contributed by atoms with Gasteiger partial charge >= 0.3 is 45.0 Å². The van der Waals surface area contributed by atoms with E-state index < -0.39 is 11.4 Å². The molecule has 26 valence electrons. The van der Waals surface area contributed by atoms with Gasteiger partial charge in [0.15, 0.2) is 0 Å². The molecule has 5 heavy (non-hydrogen) atoms. The molecule has 0 aromatic rings. The van der Waals surface area contributed by atoms with Crippen molar-refractivity contribution in [3.05, 3.63) is 0 Å². The van der Waals surface area contributed by atoms with Crippen molar-refractivity contribution in [1.82, 2.24) is 0 Å². The first-order chi connectivity index (χ1) is 1.73. The van der Waals surface area contributed by atoms with Crippen molar-refractivity contribution in [3.63, 3.8) is 0 Å². The van der Waals surface area contributed by atoms with Crippen molar-refractivity contribution in [2.75, 3.05) is 0 Å². The van der Waals surface area contributed by atoms with Crippen molar-refractivity contribution < 1.29 is 58.3 Å². The average molecular weight is 306 g/mol. The summed E-state index contributed by atoms with van der Waals surface area (Å²) in [4.78, 5) is 0. The van der Waals surface area contributed by atoms with Gasteiger partial charge in [-0.25, -0.2) is 0 Å². The Hall–Kier alpha value is 1.54. The Balaban J connectivity index is 0. The standard InChI is InChI=1S/H2O3S.Ra/c1-4(2)3;/h(H2,1,2,3);/q;+2/p-2. The van der Waals surface area contributed by atoms with Gasteiger partial charge in [-0.2, -0.15) is 0 Å². The van der Waals surface area contributed by atoms with Gasteiger partial charge in [-0.1, -0.05) is 0 Å². The summed E-state index contributed by atoms with van der Waals surface area (Å²) < 4.78 is 25.3. The molecule has 0 atom stereocenters. The molecule has 0 fully saturated rings. The summed E-state index contributed by atoms with van der Waals surface area (Å²) >= 11 is -3.11. The van der Waals surface area contributed by atoms with E-state index in [1.165, 1.54) is 0 Å². The molecule has 0 saturated carbocycles. The van der Waals surface area contributed by atoms with Crippen molar-refractivity contribution >= 4 is 11.4 Å². The zero-order valence-electron chi connectivity index (χ0n) is 2.34. The molecule has 0 amide bonds. The smallest absolute Gasteiger partial charge is 0.784 e. The topological polar surface area (TPSA) is 63.2 Å². The van der Waals surface area contributed by atoms with Gasteiger partial charge in [0, 0.05) is 0 Å². The summed E-state index contributed by atoms with van der Waals surface area (Å²) in [5.74, 6) is 0. The molecule has 0 heterocycles. The van der Waals surface area contributed by atoms with E-state index in [2.05, 4.69) is 0 Å². The van der Waals surface area contributed by atoms with Gasteiger partial charge in [-0.15, -0.1) is 11.4 Å². The maximum Gasteiger partial charge on any atom is 2.00 e. The summed E-state index contributed by atoms with van der Waals surface area (Å²) in [5.41, 5.74) is 0. The molecule has 0 unspecified atom stereocenters. The van der Waals surface area contributed by atoms with Crippen LogP contribution in [0.15, 0.2) is 0 Å². The van der Waals surface area contributed by atoms with Crippen molar-refractivity contribution in [3.8, 4) is 0 Å². The molecule has 0 aliphatic rings. The Bertz CT molecular complexity index is 29.9. The zero-order chi connectivity index (χ0) is 3.58. The molecule has 5 heteroatoms. The Labute approximate surface area is 68.7 Å². The Morgan fingerprint density at radius 2 is 1.40 bits per heavy atom. The minimum atomic E-state index is -3.11. The Kier molecular flexibility index (Phi) is 10.8. The first kappa shape index (κ1) is 9.74. The van der Waals surface area contributed by atoms with Gasteiger partial charge in [0.2, 0.25) is 0 Å². The number of rotatable bonds is 0. The van der Waals surface area contributed by atoms with Crippen LogP contribution in [0.2, 0.25) is 0 Å². The Morgan fingerprint density at radius 3 is 1.40 bits per heavy atom. The predicted octanol–water partition coefficient (Wildman–Crippen LogP) is -1.00. The van der Waals surface area contributed by atoms with Crippen LogP contribution >= 0.6 is 0 Å². The number of hydrogen-bond donors (Lipinski definition) is 0. The zero-order valence-corrected chi connectivity index (χ0v) is 8.97. The molecule has 3 nitrogen and oxygen atoms in total. The number of hydrogen-bond acceptors (Lipinski definition) is 3. The van der Waals surface area contributed by atoms with E-state index in [1.807, 2.05) is 0 Å². The minimum absolute atomic E-state index is 0. The summed E-state index contributed by atoms with van der Waals surface area (Å²) in [6.07, 6.45) is 0. The molecular weight excluding hydrogens is 306 g/mol. The second-order valence-electron chi connectivity index (χ2n) is 0.204. The van der Waals surface area contributed by atoms with Crippen molar-refractivity contribution in [1.29, 1.82) is 0 Å². The molecular formula is O3RaS. The molecule has 0 aromatic heterocycles. The predicted molar refractivity (Wildman–Crippen MR) is 9.70 cm³/mol. The molecule has 0 aliphatic heterocycles. The maximum absolute atomic E-state index is 8.44. The molecule has 0 aromatic carbocycles. The third-order valence-corrected chi connectivity index (χ3v) is 0. The molecule has 0 radical (unpaired) electrons. The van der Waals surface area contributed by atoms with Crippen LogP contribution in [0.4, 0.5) is 0 Å². The van der Waals surface area contributed by atoms with Crippen LogP contribution < -0.4 is 0 Å². The fourth-order valence-electron chi connectivity index (χ4n) is 0. The van der Waals surface area contributed by atoms with Crippen molar-refractivity contribution in [2.24, 2.45) is 0 Å². The van der Waals surface area contributed by atoms with Gasteiger partial charge in [0.25, 0.3) is 0 Å². The molecule has 0 N–H and O–H groups in total. The van der Waals surface area contributed by atoms with Crippen LogP contribution in [-0.2, 0) is 11.4 Å². The fraction of sp³-hybridized carbons (Fsp3) is 0. The molecule has 0 aliphatic carbocycles. The van der Waals surface area contributed by atoms with Gasteiger partial charge < -0.3 is 9.11 Å². The normalized spacial score (nSPS) is 7.00. The maximum atomic E-state index is 8.44. The molecule has 0 bridgehead atoms. The SMILES string of the molecule is O=S([O-])[O-].[Ra+2]. The van der Waals surface area contributed by atoms with Crippen LogP contribution in [-0.4, -0.2) is 13.3 Å². The van der Waals surface area contributed by atoms with Crippen LogP contribution in [0.25, 0.3) is 0 Å². The molecule has 0 saturated heterocycles. The summed E-state index contributed by atoms with van der Waals surface area (Å²) in [7, 11) is 0. The quantitative estimate of drug-likeness (QED) is 0.539. The van der Waals surface area contributed by atoms with Crippen LogP contribution in [0, 0.1) is 45.0 Å². The largest absolute Gasteiger partial charge is 2.00 e. The third-order valence-electron chi connectivity index (χ3n) is 0. The van der Waals surface area contributed by atoms with E-state index in [9.17, 15) is 0 Å². The van der Waals surface area contributed by atoms with Crippen molar-refractivity contribution in [2.45, 2.75) is 0 Å². The van der Waals surface area contributed by atoms with Crippen LogP contribution in [0.3, 0.4) is 0 Å². The van der Waals surface area contributed by atoms with Crippen LogP contribution in [0.5, 0.6) is 0 Å². The van der Waals surface area contributed by atoms with Gasteiger partial charge in [0.1, 0.15) is 0 Å². The van der Waals surface area contributed by atoms with E-state index in [0.29, 0.717) is 0 Å². The second-order valence-corrected chi connectivity index (χ2v) is 0.612. The van der Waals surface area contributed by atoms with Crippen LogP contribution in [0.1, 0.15) is 0 Å². The van der Waals surface area contributed by atoms with E-state index in [4.69, 9.17) is 13.3 Å². The first-order valence-electron chi connectivity index (χ1n) is 0.500. The van der Waals surface area contributed by atoms with E-state index in [1.54, 1.807) is 0 Å². The van der Waals surface area contributed by atoms with Gasteiger partial charge in [0.05, 0.1) is 0 Å². The Morgan fingerprint density at radius 1 is 1.40 bits per heavy atom. The first-order valence-corrected chi connectivity index (χ1v) is 1.50. The average Bonchev–Trinajstić information content (AvgIpc) is 0.811. The van der Waals surface area contributed by atoms with E-state index in [-0.39, 0.29) is 45.0 Å². The van der Waals surface area contributed by atoms with Gasteiger partial charge in [-0.05, 0) is 0 Å². The second kappa shape index (κ2) is 5.54. The summed E-state index contributed by atoms with van der Waals surface area (Å²) in [5, 5.41) is 0. The van der Waals surface area contributed by atoms with E-state index >= 15 is 0 Å². The molecule has 0 rings (SSSR count). The molecule has 0 spiro atoms. The van der Waals surface area contributed by atoms with E-state index in [0.717, 1.165) is 0 Å². The summed E-state index contributed by atoms with van der Waals surface area (Å²) in [6.45, 7) is 0. The fourth-order valence-corrected chi connectivity index (χ4v) is 0. The monoisotopic (exact) mass is 306 g/mol. The van der Waals surface area contributed by atoms with Gasteiger partial charge in [-0.3, -0.25) is 4.21 Å². The minimum Gasteiger partial charge on any atom is -0.784 e. The third kappa shape index (κ3) is 29.3.